The number of ether oxygens (including phenoxy) is 1. The number of aryl methyl sites for hydroxylation is 1. The summed E-state index contributed by atoms with van der Waals surface area (Å²) in [5.74, 6) is 0.652. The van der Waals surface area contributed by atoms with Crippen LogP contribution in [0.3, 0.4) is 0 Å². The number of anilines is 2. The van der Waals surface area contributed by atoms with Crippen LogP contribution in [0.5, 0.6) is 0 Å². The first kappa shape index (κ1) is 26.6. The van der Waals surface area contributed by atoms with Crippen LogP contribution in [0.2, 0.25) is 0 Å². The number of nitrogens with zero attached hydrogens (tertiary/aromatic N) is 8. The van der Waals surface area contributed by atoms with Gasteiger partial charge >= 0.3 is 0 Å². The molecule has 3 aliphatic heterocycles. The third-order valence-electron chi connectivity index (χ3n) is 7.43. The summed E-state index contributed by atoms with van der Waals surface area (Å²) in [5, 5.41) is 7.28. The highest BCUT2D eigenvalue weighted by Crippen LogP contribution is 2.23. The molecule has 1 amide bonds. The van der Waals surface area contributed by atoms with Crippen molar-refractivity contribution in [3.05, 3.63) is 45.3 Å². The summed E-state index contributed by atoms with van der Waals surface area (Å²) >= 11 is 0. The van der Waals surface area contributed by atoms with Crippen molar-refractivity contribution in [3.8, 4) is 0 Å². The smallest absolute Gasteiger partial charge is 0.299 e. The van der Waals surface area contributed by atoms with E-state index in [2.05, 4.69) is 22.1 Å². The van der Waals surface area contributed by atoms with Gasteiger partial charge in [0, 0.05) is 46.0 Å². The molecule has 0 bridgehead atoms. The topological polar surface area (TPSA) is 131 Å². The molecule has 3 aliphatic rings. The van der Waals surface area contributed by atoms with Gasteiger partial charge in [0.15, 0.2) is 5.69 Å². The Morgan fingerprint density at radius 3 is 2.77 bits per heavy atom. The standard InChI is InChI=1S/C26H35N9O4/c1-3-20-22(25(38)35(27-2)26(34(20)13-14-36)29-17-19-5-15-39-16-6-19)31-9-11-32(12-10-31)24(37)21-23-28-7-4-8-33(23)18-30-21/h5,14,18,28H,2-4,6-13,15-17H2,1H3. The van der Waals surface area contributed by atoms with Crippen LogP contribution in [-0.2, 0) is 29.0 Å². The van der Waals surface area contributed by atoms with E-state index in [9.17, 15) is 14.4 Å². The first-order valence-electron chi connectivity index (χ1n) is 13.5. The van der Waals surface area contributed by atoms with Gasteiger partial charge in [-0.25, -0.2) is 9.98 Å². The molecular formula is C26H35N9O4. The molecule has 208 valence electrons. The van der Waals surface area contributed by atoms with E-state index in [1.54, 1.807) is 15.8 Å². The van der Waals surface area contributed by atoms with Crippen LogP contribution >= 0.6 is 0 Å². The second-order valence-corrected chi connectivity index (χ2v) is 9.68. The number of piperazine rings is 1. The van der Waals surface area contributed by atoms with Gasteiger partial charge in [-0.05, 0) is 24.8 Å². The largest absolute Gasteiger partial charge is 0.377 e. The Labute approximate surface area is 226 Å². The fourth-order valence-corrected chi connectivity index (χ4v) is 5.41. The van der Waals surface area contributed by atoms with E-state index in [0.717, 1.165) is 43.6 Å². The van der Waals surface area contributed by atoms with Crippen molar-refractivity contribution >= 4 is 30.4 Å². The maximum Gasteiger partial charge on any atom is 0.299 e. The van der Waals surface area contributed by atoms with Crippen LogP contribution in [0.1, 0.15) is 35.9 Å². The van der Waals surface area contributed by atoms with E-state index >= 15 is 0 Å². The summed E-state index contributed by atoms with van der Waals surface area (Å²) in [7, 11) is 0. The predicted octanol–water partition coefficient (Wildman–Crippen LogP) is 0.0967. The number of imidazole rings is 1. The number of nitrogens with one attached hydrogen (secondary N) is 1. The third-order valence-corrected chi connectivity index (χ3v) is 7.43. The zero-order chi connectivity index (χ0) is 27.4. The van der Waals surface area contributed by atoms with Gasteiger partial charge in [-0.15, -0.1) is 0 Å². The Morgan fingerprint density at radius 1 is 1.26 bits per heavy atom. The van der Waals surface area contributed by atoms with E-state index < -0.39 is 0 Å². The monoisotopic (exact) mass is 537 g/mol. The quantitative estimate of drug-likeness (QED) is 0.287. The average Bonchev–Trinajstić information content (AvgIpc) is 3.41. The van der Waals surface area contributed by atoms with Crippen molar-refractivity contribution in [3.63, 3.8) is 0 Å². The molecule has 5 heterocycles. The number of hydrogen-bond acceptors (Lipinski definition) is 9. The highest BCUT2D eigenvalue weighted by Gasteiger charge is 2.30. The van der Waals surface area contributed by atoms with Gasteiger partial charge in [-0.2, -0.15) is 9.78 Å². The van der Waals surface area contributed by atoms with E-state index in [1.165, 1.54) is 4.68 Å². The second-order valence-electron chi connectivity index (χ2n) is 9.68. The molecular weight excluding hydrogens is 502 g/mol. The van der Waals surface area contributed by atoms with Crippen molar-refractivity contribution in [2.24, 2.45) is 10.1 Å². The molecule has 2 aromatic rings. The van der Waals surface area contributed by atoms with Crippen LogP contribution < -0.4 is 21.4 Å². The Bertz CT molecular complexity index is 1410. The summed E-state index contributed by atoms with van der Waals surface area (Å²) in [6, 6.07) is 0. The molecule has 1 fully saturated rings. The molecule has 13 nitrogen and oxygen atoms in total. The van der Waals surface area contributed by atoms with Crippen LogP contribution in [0.4, 0.5) is 11.5 Å². The molecule has 0 aromatic carbocycles. The summed E-state index contributed by atoms with van der Waals surface area (Å²) in [5.41, 5.74) is 2.67. The zero-order valence-corrected chi connectivity index (χ0v) is 22.3. The molecule has 2 aromatic heterocycles. The van der Waals surface area contributed by atoms with Gasteiger partial charge in [-0.1, -0.05) is 13.0 Å². The number of carbonyl (C=O) groups excluding carboxylic acids is 2. The number of amides is 1. The van der Waals surface area contributed by atoms with Gasteiger partial charge in [-0.3, -0.25) is 9.59 Å². The minimum absolute atomic E-state index is 0.0316. The highest BCUT2D eigenvalue weighted by atomic mass is 16.5. The summed E-state index contributed by atoms with van der Waals surface area (Å²) in [6.45, 7) is 10.6. The number of fused-ring (bicyclic) bond motifs is 1. The first-order valence-corrected chi connectivity index (χ1v) is 13.5. The Balaban J connectivity index is 1.44. The lowest BCUT2D eigenvalue weighted by Crippen LogP contribution is -2.52. The van der Waals surface area contributed by atoms with Gasteiger partial charge < -0.3 is 33.8 Å². The van der Waals surface area contributed by atoms with Gasteiger partial charge in [0.2, 0.25) is 5.62 Å². The average molecular weight is 538 g/mol. The molecule has 5 rings (SSSR count). The normalized spacial score (nSPS) is 17.9. The zero-order valence-electron chi connectivity index (χ0n) is 22.3. The van der Waals surface area contributed by atoms with Crippen LogP contribution in [0.15, 0.2) is 32.9 Å². The molecule has 1 N–H and O–H groups in total. The van der Waals surface area contributed by atoms with Crippen molar-refractivity contribution in [2.45, 2.75) is 39.3 Å². The Morgan fingerprint density at radius 2 is 2.08 bits per heavy atom. The molecule has 13 heteroatoms. The lowest BCUT2D eigenvalue weighted by atomic mass is 10.1. The van der Waals surface area contributed by atoms with Crippen molar-refractivity contribution in [1.29, 1.82) is 0 Å². The lowest BCUT2D eigenvalue weighted by Gasteiger charge is -2.37. The minimum Gasteiger partial charge on any atom is -0.377 e. The van der Waals surface area contributed by atoms with E-state index in [1.807, 2.05) is 22.5 Å². The summed E-state index contributed by atoms with van der Waals surface area (Å²) in [4.78, 5) is 51.6. The molecule has 0 saturated carbocycles. The highest BCUT2D eigenvalue weighted by molar-refractivity contribution is 5.97. The number of aldehydes is 1. The Hall–Kier alpha value is -4.00. The SMILES string of the molecule is C=Nn1c(=O)c(N2CCN(C(=O)c3ncn4c3NCCC4)CC2)c(CC)n(CC=O)c1=NCC1=CCOCC1. The lowest BCUT2D eigenvalue weighted by molar-refractivity contribution is -0.108. The van der Waals surface area contributed by atoms with E-state index in [-0.39, 0.29) is 18.0 Å². The molecule has 39 heavy (non-hydrogen) atoms. The third kappa shape index (κ3) is 5.18. The molecule has 0 aliphatic carbocycles. The van der Waals surface area contributed by atoms with Crippen LogP contribution in [0, 0.1) is 0 Å². The molecule has 0 spiro atoms. The van der Waals surface area contributed by atoms with E-state index in [4.69, 9.17) is 9.73 Å². The maximum absolute atomic E-state index is 13.8. The second kappa shape index (κ2) is 11.8. The van der Waals surface area contributed by atoms with Gasteiger partial charge in [0.25, 0.3) is 11.5 Å². The number of rotatable bonds is 8. The minimum atomic E-state index is -0.337. The molecule has 0 atom stereocenters. The van der Waals surface area contributed by atoms with Gasteiger partial charge in [0.1, 0.15) is 17.8 Å². The fourth-order valence-electron chi connectivity index (χ4n) is 5.41. The molecule has 1 saturated heterocycles. The number of carbonyl (C=O) groups is 2. The van der Waals surface area contributed by atoms with E-state index in [0.29, 0.717) is 75.1 Å². The molecule has 0 unspecified atom stereocenters. The molecule has 0 radical (unpaired) electrons. The van der Waals surface area contributed by atoms with Crippen molar-refractivity contribution < 1.29 is 14.3 Å². The summed E-state index contributed by atoms with van der Waals surface area (Å²) in [6.07, 6.45) is 6.77. The number of aromatic nitrogens is 4. The number of hydrogen-bond donors (Lipinski definition) is 1. The van der Waals surface area contributed by atoms with Crippen molar-refractivity contribution in [2.75, 3.05) is 62.7 Å². The van der Waals surface area contributed by atoms with Crippen LogP contribution in [-0.4, -0.2) is 95.1 Å². The first-order chi connectivity index (χ1) is 19.1. The van der Waals surface area contributed by atoms with Crippen molar-refractivity contribution in [1.82, 2.24) is 23.7 Å². The van der Waals surface area contributed by atoms with Crippen LogP contribution in [0.25, 0.3) is 0 Å². The summed E-state index contributed by atoms with van der Waals surface area (Å²) < 4.78 is 10.3. The Kier molecular flexibility index (Phi) is 8.05. The van der Waals surface area contributed by atoms with Gasteiger partial charge in [0.05, 0.1) is 38.3 Å². The predicted molar refractivity (Wildman–Crippen MR) is 146 cm³/mol. The fraction of sp³-hybridized carbons (Fsp3) is 0.538. The maximum atomic E-state index is 13.8.